The molecule has 0 aliphatic carbocycles. The van der Waals surface area contributed by atoms with E-state index in [0.717, 1.165) is 23.4 Å². The number of nitrogens with one attached hydrogen (secondary N) is 1. The molecule has 1 N–H and O–H groups in total. The first kappa shape index (κ1) is 19.2. The number of pyridine rings is 1. The maximum Gasteiger partial charge on any atom is 0.364 e. The average molecular weight is 382 g/mol. The Morgan fingerprint density at radius 3 is 2.68 bits per heavy atom. The molecule has 0 aliphatic rings. The van der Waals surface area contributed by atoms with Crippen molar-refractivity contribution in [3.05, 3.63) is 58.8 Å². The van der Waals surface area contributed by atoms with Gasteiger partial charge < -0.3 is 5.32 Å². The van der Waals surface area contributed by atoms with Crippen LogP contribution in [0.1, 0.15) is 22.4 Å². The Morgan fingerprint density at radius 1 is 1.40 bits per heavy atom. The van der Waals surface area contributed by atoms with Gasteiger partial charge in [-0.1, -0.05) is 42.1 Å². The zero-order valence-corrected chi connectivity index (χ0v) is 14.8. The summed E-state index contributed by atoms with van der Waals surface area (Å²) in [5, 5.41) is 8.33. The van der Waals surface area contributed by atoms with Crippen molar-refractivity contribution in [2.75, 3.05) is 5.75 Å². The molecule has 2 aromatic rings. The molecule has 0 spiro atoms. The first-order valence-electron chi connectivity index (χ1n) is 7.23. The number of rotatable bonds is 6. The van der Waals surface area contributed by atoms with Crippen molar-refractivity contribution < 1.29 is 13.6 Å². The number of nitrogens with zero attached hydrogens (tertiary/aromatic N) is 2. The van der Waals surface area contributed by atoms with Gasteiger partial charge in [0.2, 0.25) is 5.91 Å². The number of nitriles is 1. The van der Waals surface area contributed by atoms with E-state index >= 15 is 0 Å². The summed E-state index contributed by atoms with van der Waals surface area (Å²) in [7, 11) is 0. The van der Waals surface area contributed by atoms with Crippen LogP contribution < -0.4 is 5.32 Å². The van der Waals surface area contributed by atoms with Gasteiger partial charge in [-0.2, -0.15) is 14.0 Å². The molecule has 0 aliphatic heterocycles. The number of aryl methyl sites for hydroxylation is 1. The largest absolute Gasteiger partial charge is 0.364 e. The Morgan fingerprint density at radius 2 is 2.08 bits per heavy atom. The number of alkyl halides is 3. The fourth-order valence-corrected chi connectivity index (χ4v) is 2.99. The number of hydrogen-bond donors (Lipinski definition) is 1. The predicted octanol–water partition coefficient (Wildman–Crippen LogP) is 3.96. The van der Waals surface area contributed by atoms with Crippen LogP contribution in [0.4, 0.5) is 8.78 Å². The van der Waals surface area contributed by atoms with Crippen molar-refractivity contribution >= 4 is 29.3 Å². The van der Waals surface area contributed by atoms with Gasteiger partial charge in [0.15, 0.2) is 0 Å². The molecule has 1 heterocycles. The molecule has 0 radical (unpaired) electrons. The van der Waals surface area contributed by atoms with Crippen LogP contribution in [0.5, 0.6) is 0 Å². The Hall–Kier alpha value is -2.17. The molecule has 4 nitrogen and oxygen atoms in total. The number of hydrogen-bond acceptors (Lipinski definition) is 4. The number of amides is 1. The molecule has 0 bridgehead atoms. The van der Waals surface area contributed by atoms with Crippen molar-refractivity contribution in [3.8, 4) is 6.07 Å². The molecule has 1 aromatic carbocycles. The van der Waals surface area contributed by atoms with Gasteiger partial charge >= 0.3 is 5.38 Å². The Bertz CT molecular complexity index is 804. The highest BCUT2D eigenvalue weighted by Crippen LogP contribution is 2.34. The zero-order chi connectivity index (χ0) is 18.4. The van der Waals surface area contributed by atoms with Gasteiger partial charge in [-0.3, -0.25) is 4.79 Å². The van der Waals surface area contributed by atoms with E-state index < -0.39 is 11.1 Å². The quantitative estimate of drug-likeness (QED) is 0.607. The van der Waals surface area contributed by atoms with Gasteiger partial charge in [0.25, 0.3) is 0 Å². The monoisotopic (exact) mass is 381 g/mol. The number of carbonyl (C=O) groups is 1. The maximum atomic E-state index is 13.3. The van der Waals surface area contributed by atoms with Crippen molar-refractivity contribution in [2.45, 2.75) is 23.9 Å². The minimum absolute atomic E-state index is 0.0503. The zero-order valence-electron chi connectivity index (χ0n) is 13.2. The highest BCUT2D eigenvalue weighted by atomic mass is 35.5. The van der Waals surface area contributed by atoms with Crippen LogP contribution in [0.25, 0.3) is 0 Å². The molecule has 0 unspecified atom stereocenters. The fraction of sp³-hybridized carbons (Fsp3) is 0.235. The second-order valence-corrected chi connectivity index (χ2v) is 6.60. The summed E-state index contributed by atoms with van der Waals surface area (Å²) >= 11 is 5.93. The van der Waals surface area contributed by atoms with E-state index in [9.17, 15) is 18.8 Å². The lowest BCUT2D eigenvalue weighted by molar-refractivity contribution is -0.118. The van der Waals surface area contributed by atoms with Gasteiger partial charge in [0.1, 0.15) is 16.8 Å². The summed E-state index contributed by atoms with van der Waals surface area (Å²) in [5.41, 5.74) is 0.791. The van der Waals surface area contributed by atoms with E-state index in [1.807, 2.05) is 36.4 Å². The highest BCUT2D eigenvalue weighted by molar-refractivity contribution is 8.00. The first-order valence-corrected chi connectivity index (χ1v) is 8.60. The third-order valence-electron chi connectivity index (χ3n) is 3.26. The van der Waals surface area contributed by atoms with Crippen molar-refractivity contribution in [3.63, 3.8) is 0 Å². The second-order valence-electron chi connectivity index (χ2n) is 5.17. The van der Waals surface area contributed by atoms with E-state index in [2.05, 4.69) is 10.3 Å². The van der Waals surface area contributed by atoms with Crippen molar-refractivity contribution in [2.24, 2.45) is 0 Å². The summed E-state index contributed by atoms with van der Waals surface area (Å²) in [5.74, 6) is -0.342. The molecule has 0 fully saturated rings. The molecular weight excluding hydrogens is 368 g/mol. The third kappa shape index (κ3) is 5.41. The standard InChI is InChI=1S/C17H14ClF2N3OS/c1-11-7-14(17(18,19)20)23-16(13(11)8-21)25-10-15(24)22-9-12-5-3-2-4-6-12/h2-7H,9-10H2,1H3,(H,22,24). The normalized spacial score (nSPS) is 11.0. The van der Waals surface area contributed by atoms with E-state index in [4.69, 9.17) is 11.6 Å². The van der Waals surface area contributed by atoms with E-state index in [1.165, 1.54) is 6.92 Å². The first-order chi connectivity index (χ1) is 11.8. The van der Waals surface area contributed by atoms with E-state index in [1.54, 1.807) is 0 Å². The van der Waals surface area contributed by atoms with Gasteiger partial charge in [-0.05, 0) is 35.7 Å². The van der Waals surface area contributed by atoms with Crippen molar-refractivity contribution in [1.29, 1.82) is 5.26 Å². The van der Waals surface area contributed by atoms with E-state index in [-0.39, 0.29) is 22.2 Å². The fourth-order valence-electron chi connectivity index (χ4n) is 2.01. The minimum atomic E-state index is -3.64. The van der Waals surface area contributed by atoms with Crippen LogP contribution in [0, 0.1) is 18.3 Å². The smallest absolute Gasteiger partial charge is 0.351 e. The van der Waals surface area contributed by atoms with Crippen LogP contribution >= 0.6 is 23.4 Å². The summed E-state index contributed by atoms with van der Waals surface area (Å²) in [6.07, 6.45) is 0. The number of benzene rings is 1. The highest BCUT2D eigenvalue weighted by Gasteiger charge is 2.31. The summed E-state index contributed by atoms with van der Waals surface area (Å²) in [4.78, 5) is 15.7. The predicted molar refractivity (Wildman–Crippen MR) is 92.4 cm³/mol. The summed E-state index contributed by atoms with van der Waals surface area (Å²) < 4.78 is 26.6. The Balaban J connectivity index is 2.05. The molecule has 0 saturated carbocycles. The van der Waals surface area contributed by atoms with E-state index in [0.29, 0.717) is 12.1 Å². The van der Waals surface area contributed by atoms with Crippen LogP contribution in [-0.4, -0.2) is 16.6 Å². The Labute approximate surface area is 153 Å². The van der Waals surface area contributed by atoms with Crippen LogP contribution in [-0.2, 0) is 16.7 Å². The van der Waals surface area contributed by atoms with Crippen LogP contribution in [0.3, 0.4) is 0 Å². The number of aromatic nitrogens is 1. The number of carbonyl (C=O) groups excluding carboxylic acids is 1. The van der Waals surface area contributed by atoms with Gasteiger partial charge in [-0.25, -0.2) is 4.98 Å². The maximum absolute atomic E-state index is 13.3. The minimum Gasteiger partial charge on any atom is -0.351 e. The molecule has 1 aromatic heterocycles. The molecule has 2 rings (SSSR count). The lowest BCUT2D eigenvalue weighted by Gasteiger charge is -2.12. The molecule has 0 atom stereocenters. The molecule has 8 heteroatoms. The summed E-state index contributed by atoms with van der Waals surface area (Å²) in [6, 6.07) is 12.3. The van der Waals surface area contributed by atoms with Crippen LogP contribution in [0.15, 0.2) is 41.4 Å². The Kier molecular flexibility index (Phi) is 6.34. The van der Waals surface area contributed by atoms with Gasteiger partial charge in [-0.15, -0.1) is 0 Å². The van der Waals surface area contributed by atoms with Gasteiger partial charge in [0, 0.05) is 6.54 Å². The molecular formula is C17H14ClF2N3OS. The molecule has 130 valence electrons. The molecule has 0 saturated heterocycles. The third-order valence-corrected chi connectivity index (χ3v) is 4.43. The summed E-state index contributed by atoms with van der Waals surface area (Å²) in [6.45, 7) is 1.88. The number of thioether (sulfide) groups is 1. The van der Waals surface area contributed by atoms with Crippen molar-refractivity contribution in [1.82, 2.24) is 10.3 Å². The second kappa shape index (κ2) is 8.28. The van der Waals surface area contributed by atoms with Crippen LogP contribution in [0.2, 0.25) is 0 Å². The van der Waals surface area contributed by atoms with Gasteiger partial charge in [0.05, 0.1) is 11.3 Å². The average Bonchev–Trinajstić information content (AvgIpc) is 2.57. The lowest BCUT2D eigenvalue weighted by atomic mass is 10.1. The number of halogens is 3. The topological polar surface area (TPSA) is 65.8 Å². The molecule has 1 amide bonds. The lowest BCUT2D eigenvalue weighted by Crippen LogP contribution is -2.24. The molecule has 25 heavy (non-hydrogen) atoms. The SMILES string of the molecule is Cc1cc(C(F)(F)Cl)nc(SCC(=O)NCc2ccccc2)c1C#N.